The van der Waals surface area contributed by atoms with Gasteiger partial charge in [-0.25, -0.2) is 0 Å². The first-order chi connectivity index (χ1) is 13.3. The number of carbonyl (C=O) groups excluding carboxylic acids is 1. The standard InChI is InChI=1S/C22H27N3O2/c26-22(19-6-4-11-23-14-19)25-16-18-9-10-20(17-25)24(15-18)12-5-13-27-21-7-2-1-3-8-21/h1-4,6-8,11,14,18,20H,5,9-10,12-13,15-17H2/t18-,20-/m1/s1. The van der Waals surface area contributed by atoms with E-state index in [0.29, 0.717) is 17.5 Å². The molecule has 142 valence electrons. The lowest BCUT2D eigenvalue weighted by molar-refractivity contribution is 0.0736. The second-order valence-electron chi connectivity index (χ2n) is 7.56. The van der Waals surface area contributed by atoms with Crippen LogP contribution in [0.5, 0.6) is 5.75 Å². The molecule has 5 rings (SSSR count). The number of amides is 1. The molecule has 3 saturated heterocycles. The number of fused-ring (bicyclic) bond motifs is 4. The zero-order valence-corrected chi connectivity index (χ0v) is 15.7. The van der Waals surface area contributed by atoms with Gasteiger partial charge < -0.3 is 9.64 Å². The number of ether oxygens (including phenoxy) is 1. The molecule has 2 aromatic rings. The summed E-state index contributed by atoms with van der Waals surface area (Å²) in [5, 5.41) is 0. The second kappa shape index (κ2) is 8.53. The van der Waals surface area contributed by atoms with Gasteiger partial charge in [0.1, 0.15) is 5.75 Å². The molecule has 5 nitrogen and oxygen atoms in total. The molecule has 2 bridgehead atoms. The molecular formula is C22H27N3O2. The van der Waals surface area contributed by atoms with Crippen LogP contribution in [-0.4, -0.2) is 59.5 Å². The van der Waals surface area contributed by atoms with Crippen molar-refractivity contribution in [2.24, 2.45) is 5.92 Å². The molecule has 0 aliphatic carbocycles. The van der Waals surface area contributed by atoms with E-state index in [1.54, 1.807) is 12.4 Å². The molecule has 0 saturated carbocycles. The lowest BCUT2D eigenvalue weighted by Crippen LogP contribution is -2.45. The topological polar surface area (TPSA) is 45.7 Å². The number of para-hydroxylation sites is 1. The van der Waals surface area contributed by atoms with Gasteiger partial charge in [-0.2, -0.15) is 0 Å². The molecule has 0 N–H and O–H groups in total. The highest BCUT2D eigenvalue weighted by molar-refractivity contribution is 5.93. The number of benzene rings is 1. The third-order valence-electron chi connectivity index (χ3n) is 5.62. The van der Waals surface area contributed by atoms with Crippen molar-refractivity contribution in [3.63, 3.8) is 0 Å². The minimum Gasteiger partial charge on any atom is -0.494 e. The van der Waals surface area contributed by atoms with Crippen molar-refractivity contribution >= 4 is 5.91 Å². The summed E-state index contributed by atoms with van der Waals surface area (Å²) >= 11 is 0. The molecule has 0 radical (unpaired) electrons. The van der Waals surface area contributed by atoms with Crippen LogP contribution in [0.2, 0.25) is 0 Å². The van der Waals surface area contributed by atoms with Crippen LogP contribution in [0.25, 0.3) is 0 Å². The number of hydrogen-bond acceptors (Lipinski definition) is 4. The van der Waals surface area contributed by atoms with Crippen molar-refractivity contribution in [3.8, 4) is 5.75 Å². The first-order valence-corrected chi connectivity index (χ1v) is 9.91. The van der Waals surface area contributed by atoms with Crippen LogP contribution in [0.15, 0.2) is 54.9 Å². The van der Waals surface area contributed by atoms with Crippen LogP contribution in [0.3, 0.4) is 0 Å². The Morgan fingerprint density at radius 3 is 2.78 bits per heavy atom. The Kier molecular flexibility index (Phi) is 5.68. The molecule has 4 heterocycles. The molecule has 1 aromatic heterocycles. The highest BCUT2D eigenvalue weighted by Crippen LogP contribution is 2.28. The van der Waals surface area contributed by atoms with Gasteiger partial charge in [0, 0.05) is 44.6 Å². The van der Waals surface area contributed by atoms with E-state index in [1.807, 2.05) is 47.4 Å². The molecule has 3 aliphatic rings. The van der Waals surface area contributed by atoms with Crippen LogP contribution < -0.4 is 4.74 Å². The van der Waals surface area contributed by atoms with E-state index in [2.05, 4.69) is 9.88 Å². The fourth-order valence-electron chi connectivity index (χ4n) is 4.26. The van der Waals surface area contributed by atoms with Gasteiger partial charge in [0.05, 0.1) is 12.2 Å². The normalized spacial score (nSPS) is 22.4. The SMILES string of the molecule is O=C(c1cccnc1)N1C[C@@H]2CC[C@H](C1)N(CCCOc1ccccc1)C2. The molecule has 27 heavy (non-hydrogen) atoms. The maximum absolute atomic E-state index is 12.8. The molecule has 2 atom stereocenters. The highest BCUT2D eigenvalue weighted by atomic mass is 16.5. The predicted octanol–water partition coefficient (Wildman–Crippen LogP) is 3.09. The molecule has 1 aromatic carbocycles. The van der Waals surface area contributed by atoms with Gasteiger partial charge in [-0.1, -0.05) is 18.2 Å². The average molecular weight is 365 g/mol. The Hall–Kier alpha value is -2.40. The summed E-state index contributed by atoms with van der Waals surface area (Å²) in [5.41, 5.74) is 0.696. The van der Waals surface area contributed by atoms with Crippen LogP contribution in [-0.2, 0) is 0 Å². The summed E-state index contributed by atoms with van der Waals surface area (Å²) in [4.78, 5) is 21.5. The zero-order chi connectivity index (χ0) is 18.5. The fourth-order valence-corrected chi connectivity index (χ4v) is 4.26. The maximum atomic E-state index is 12.8. The third-order valence-corrected chi connectivity index (χ3v) is 5.62. The molecule has 5 heteroatoms. The van der Waals surface area contributed by atoms with E-state index in [9.17, 15) is 4.79 Å². The molecule has 0 unspecified atom stereocenters. The monoisotopic (exact) mass is 365 g/mol. The van der Waals surface area contributed by atoms with Gasteiger partial charge in [0.2, 0.25) is 0 Å². The van der Waals surface area contributed by atoms with Crippen molar-refractivity contribution in [3.05, 3.63) is 60.4 Å². The molecule has 0 spiro atoms. The minimum absolute atomic E-state index is 0.120. The Morgan fingerprint density at radius 1 is 1.07 bits per heavy atom. The summed E-state index contributed by atoms with van der Waals surface area (Å²) in [7, 11) is 0. The van der Waals surface area contributed by atoms with Gasteiger partial charge in [0.15, 0.2) is 0 Å². The van der Waals surface area contributed by atoms with Crippen LogP contribution in [0, 0.1) is 5.92 Å². The Bertz CT molecular complexity index is 738. The summed E-state index contributed by atoms with van der Waals surface area (Å²) in [6.45, 7) is 4.54. The molecular weight excluding hydrogens is 338 g/mol. The second-order valence-corrected chi connectivity index (χ2v) is 7.56. The van der Waals surface area contributed by atoms with E-state index in [0.717, 1.165) is 45.0 Å². The van der Waals surface area contributed by atoms with Gasteiger partial charge >= 0.3 is 0 Å². The molecule has 3 aliphatic heterocycles. The van der Waals surface area contributed by atoms with Crippen LogP contribution in [0.4, 0.5) is 0 Å². The quantitative estimate of drug-likeness (QED) is 0.738. The minimum atomic E-state index is 0.120. The average Bonchev–Trinajstić information content (AvgIpc) is 3.04. The first-order valence-electron chi connectivity index (χ1n) is 9.91. The third kappa shape index (κ3) is 4.48. The van der Waals surface area contributed by atoms with Crippen LogP contribution in [0.1, 0.15) is 29.6 Å². The number of aromatic nitrogens is 1. The van der Waals surface area contributed by atoms with E-state index in [-0.39, 0.29) is 5.91 Å². The number of rotatable bonds is 6. The summed E-state index contributed by atoms with van der Waals surface area (Å²) < 4.78 is 5.83. The van der Waals surface area contributed by atoms with Gasteiger partial charge in [-0.05, 0) is 49.4 Å². The predicted molar refractivity (Wildman–Crippen MR) is 105 cm³/mol. The lowest BCUT2D eigenvalue weighted by atomic mass is 9.95. The number of hydrogen-bond donors (Lipinski definition) is 0. The summed E-state index contributed by atoms with van der Waals surface area (Å²) in [5.74, 6) is 1.62. The van der Waals surface area contributed by atoms with Crippen LogP contribution >= 0.6 is 0 Å². The zero-order valence-electron chi connectivity index (χ0n) is 15.7. The molecule has 1 amide bonds. The highest BCUT2D eigenvalue weighted by Gasteiger charge is 2.36. The Labute approximate surface area is 161 Å². The van der Waals surface area contributed by atoms with Crippen molar-refractivity contribution in [1.82, 2.24) is 14.8 Å². The van der Waals surface area contributed by atoms with E-state index < -0.39 is 0 Å². The van der Waals surface area contributed by atoms with Gasteiger partial charge in [0.25, 0.3) is 5.91 Å². The van der Waals surface area contributed by atoms with Crippen molar-refractivity contribution < 1.29 is 9.53 Å². The Balaban J connectivity index is 1.31. The van der Waals surface area contributed by atoms with E-state index in [4.69, 9.17) is 4.74 Å². The fraction of sp³-hybridized carbons (Fsp3) is 0.455. The van der Waals surface area contributed by atoms with Crippen molar-refractivity contribution in [2.45, 2.75) is 25.3 Å². The number of pyridine rings is 1. The van der Waals surface area contributed by atoms with Gasteiger partial charge in [-0.15, -0.1) is 0 Å². The van der Waals surface area contributed by atoms with E-state index in [1.165, 1.54) is 12.8 Å². The summed E-state index contributed by atoms with van der Waals surface area (Å²) in [6, 6.07) is 14.1. The summed E-state index contributed by atoms with van der Waals surface area (Å²) in [6.07, 6.45) is 6.80. The number of carbonyl (C=O) groups is 1. The van der Waals surface area contributed by atoms with Gasteiger partial charge in [-0.3, -0.25) is 14.7 Å². The number of nitrogens with zero attached hydrogens (tertiary/aromatic N) is 3. The number of piperidine rings is 1. The smallest absolute Gasteiger partial charge is 0.255 e. The van der Waals surface area contributed by atoms with E-state index >= 15 is 0 Å². The van der Waals surface area contributed by atoms with Crippen molar-refractivity contribution in [1.29, 1.82) is 0 Å². The molecule has 3 fully saturated rings. The Morgan fingerprint density at radius 2 is 1.96 bits per heavy atom. The maximum Gasteiger partial charge on any atom is 0.255 e. The lowest BCUT2D eigenvalue weighted by Gasteiger charge is -2.35. The first kappa shape index (κ1) is 18.0. The largest absolute Gasteiger partial charge is 0.494 e. The van der Waals surface area contributed by atoms with Crippen molar-refractivity contribution in [2.75, 3.05) is 32.8 Å².